The number of nitrogen functional groups attached to an aromatic ring is 1. The van der Waals surface area contributed by atoms with E-state index in [-0.39, 0.29) is 0 Å². The van der Waals surface area contributed by atoms with Gasteiger partial charge in [-0.05, 0) is 25.1 Å². The van der Waals surface area contributed by atoms with E-state index in [0.717, 1.165) is 11.3 Å². The Morgan fingerprint density at radius 1 is 1.33 bits per heavy atom. The van der Waals surface area contributed by atoms with Gasteiger partial charge in [0, 0.05) is 10.6 Å². The van der Waals surface area contributed by atoms with Gasteiger partial charge in [0.05, 0.1) is 16.4 Å². The lowest BCUT2D eigenvalue weighted by atomic mass is 10.1. The molecule has 1 heterocycles. The van der Waals surface area contributed by atoms with Crippen LogP contribution in [0.25, 0.3) is 11.3 Å². The lowest BCUT2D eigenvalue weighted by Crippen LogP contribution is -1.89. The molecule has 0 aliphatic rings. The number of nitrogens with one attached hydrogen (secondary N) is 1. The van der Waals surface area contributed by atoms with Gasteiger partial charge < -0.3 is 5.73 Å². The van der Waals surface area contributed by atoms with E-state index in [1.807, 2.05) is 6.92 Å². The summed E-state index contributed by atoms with van der Waals surface area (Å²) in [6.07, 6.45) is 0. The highest BCUT2D eigenvalue weighted by Crippen LogP contribution is 2.33. The Morgan fingerprint density at radius 2 is 2.07 bits per heavy atom. The largest absolute Gasteiger partial charge is 0.395 e. The van der Waals surface area contributed by atoms with Crippen LogP contribution in [0.2, 0.25) is 10.0 Å². The van der Waals surface area contributed by atoms with Crippen LogP contribution in [0.1, 0.15) is 5.69 Å². The van der Waals surface area contributed by atoms with Crippen LogP contribution in [0.4, 0.5) is 5.69 Å². The van der Waals surface area contributed by atoms with E-state index in [9.17, 15) is 0 Å². The van der Waals surface area contributed by atoms with E-state index in [1.165, 1.54) is 0 Å². The van der Waals surface area contributed by atoms with Crippen molar-refractivity contribution >= 4 is 28.9 Å². The summed E-state index contributed by atoms with van der Waals surface area (Å²) in [5, 5.41) is 8.04. The van der Waals surface area contributed by atoms with Gasteiger partial charge in [-0.25, -0.2) is 0 Å². The third-order valence-corrected chi connectivity index (χ3v) is 2.73. The molecular weight excluding hydrogens is 233 g/mol. The summed E-state index contributed by atoms with van der Waals surface area (Å²) in [6.45, 7) is 1.86. The van der Waals surface area contributed by atoms with Gasteiger partial charge in [0.1, 0.15) is 5.69 Å². The summed E-state index contributed by atoms with van der Waals surface area (Å²) in [5.74, 6) is 0. The standard InChI is InChI=1S/C10H9Cl2N3/c1-5-9(13)10(15-14-5)7-3-2-6(11)4-8(7)12/h2-4H,13H2,1H3,(H,14,15). The van der Waals surface area contributed by atoms with Gasteiger partial charge in [0.2, 0.25) is 0 Å². The molecule has 1 aromatic heterocycles. The van der Waals surface area contributed by atoms with Crippen molar-refractivity contribution in [1.29, 1.82) is 0 Å². The first-order chi connectivity index (χ1) is 7.09. The van der Waals surface area contributed by atoms with Gasteiger partial charge >= 0.3 is 0 Å². The number of H-pyrrole nitrogens is 1. The molecule has 2 rings (SSSR count). The third kappa shape index (κ3) is 1.80. The van der Waals surface area contributed by atoms with Gasteiger partial charge in [0.25, 0.3) is 0 Å². The monoisotopic (exact) mass is 241 g/mol. The summed E-state index contributed by atoms with van der Waals surface area (Å²) in [7, 11) is 0. The highest BCUT2D eigenvalue weighted by molar-refractivity contribution is 6.36. The minimum absolute atomic E-state index is 0.542. The molecule has 3 N–H and O–H groups in total. The number of nitrogens with zero attached hydrogens (tertiary/aromatic N) is 1. The summed E-state index contributed by atoms with van der Waals surface area (Å²) in [5.41, 5.74) is 8.74. The van der Waals surface area contributed by atoms with Gasteiger partial charge in [-0.1, -0.05) is 23.2 Å². The van der Waals surface area contributed by atoms with Crippen molar-refractivity contribution in [2.45, 2.75) is 6.92 Å². The number of hydrogen-bond donors (Lipinski definition) is 2. The van der Waals surface area contributed by atoms with Crippen LogP contribution < -0.4 is 5.73 Å². The van der Waals surface area contributed by atoms with Crippen molar-refractivity contribution in [2.75, 3.05) is 5.73 Å². The molecule has 3 nitrogen and oxygen atoms in total. The zero-order valence-electron chi connectivity index (χ0n) is 8.01. The number of nitrogens with two attached hydrogens (primary N) is 1. The number of benzene rings is 1. The van der Waals surface area contributed by atoms with Crippen molar-refractivity contribution in [2.24, 2.45) is 0 Å². The molecule has 0 radical (unpaired) electrons. The van der Waals surface area contributed by atoms with E-state index in [1.54, 1.807) is 18.2 Å². The van der Waals surface area contributed by atoms with Crippen LogP contribution >= 0.6 is 23.2 Å². The lowest BCUT2D eigenvalue weighted by molar-refractivity contribution is 1.05. The number of aromatic amines is 1. The highest BCUT2D eigenvalue weighted by atomic mass is 35.5. The molecule has 0 amide bonds. The molecule has 0 unspecified atom stereocenters. The first-order valence-corrected chi connectivity index (χ1v) is 5.11. The molecule has 0 aliphatic carbocycles. The smallest absolute Gasteiger partial charge is 0.117 e. The Bertz CT molecular complexity index is 505. The molecule has 0 saturated heterocycles. The minimum Gasteiger partial charge on any atom is -0.395 e. The summed E-state index contributed by atoms with van der Waals surface area (Å²) in [6, 6.07) is 5.23. The second-order valence-electron chi connectivity index (χ2n) is 3.24. The van der Waals surface area contributed by atoms with Crippen molar-refractivity contribution in [1.82, 2.24) is 10.2 Å². The molecule has 0 bridgehead atoms. The average Bonchev–Trinajstić information content (AvgIpc) is 2.49. The second kappa shape index (κ2) is 3.76. The number of aryl methyl sites for hydroxylation is 1. The molecule has 0 fully saturated rings. The summed E-state index contributed by atoms with van der Waals surface area (Å²) in [4.78, 5) is 0. The second-order valence-corrected chi connectivity index (χ2v) is 4.08. The Balaban J connectivity index is 2.59. The molecule has 1 aromatic carbocycles. The first kappa shape index (κ1) is 10.3. The van der Waals surface area contributed by atoms with Crippen molar-refractivity contribution < 1.29 is 0 Å². The topological polar surface area (TPSA) is 54.7 Å². The van der Waals surface area contributed by atoms with Crippen molar-refractivity contribution in [3.63, 3.8) is 0 Å². The summed E-state index contributed by atoms with van der Waals surface area (Å²) >= 11 is 11.9. The number of hydrogen-bond acceptors (Lipinski definition) is 2. The van der Waals surface area contributed by atoms with E-state index >= 15 is 0 Å². The summed E-state index contributed by atoms with van der Waals surface area (Å²) < 4.78 is 0. The van der Waals surface area contributed by atoms with E-state index in [4.69, 9.17) is 28.9 Å². The lowest BCUT2D eigenvalue weighted by Gasteiger charge is -2.02. The van der Waals surface area contributed by atoms with Gasteiger partial charge in [-0.3, -0.25) is 5.10 Å². The fourth-order valence-electron chi connectivity index (χ4n) is 1.32. The van der Waals surface area contributed by atoms with Crippen LogP contribution in [0.5, 0.6) is 0 Å². The zero-order chi connectivity index (χ0) is 11.0. The molecular formula is C10H9Cl2N3. The average molecular weight is 242 g/mol. The fourth-order valence-corrected chi connectivity index (χ4v) is 1.82. The van der Waals surface area contributed by atoms with Gasteiger partial charge in [-0.15, -0.1) is 0 Å². The molecule has 0 spiro atoms. The zero-order valence-corrected chi connectivity index (χ0v) is 9.52. The van der Waals surface area contributed by atoms with Gasteiger partial charge in [0.15, 0.2) is 0 Å². The van der Waals surface area contributed by atoms with Crippen LogP contribution in [-0.2, 0) is 0 Å². The highest BCUT2D eigenvalue weighted by Gasteiger charge is 2.12. The quantitative estimate of drug-likeness (QED) is 0.806. The van der Waals surface area contributed by atoms with E-state index < -0.39 is 0 Å². The molecule has 5 heteroatoms. The molecule has 78 valence electrons. The van der Waals surface area contributed by atoms with E-state index in [2.05, 4.69) is 10.2 Å². The van der Waals surface area contributed by atoms with Gasteiger partial charge in [-0.2, -0.15) is 5.10 Å². The Labute approximate surface area is 97.2 Å². The molecule has 0 aliphatic heterocycles. The number of anilines is 1. The third-order valence-electron chi connectivity index (χ3n) is 2.18. The van der Waals surface area contributed by atoms with Crippen LogP contribution in [-0.4, -0.2) is 10.2 Å². The predicted molar refractivity (Wildman–Crippen MR) is 63.2 cm³/mol. The predicted octanol–water partition coefficient (Wildman–Crippen LogP) is 3.27. The minimum atomic E-state index is 0.542. The SMILES string of the molecule is Cc1[nH]nc(-c2ccc(Cl)cc2Cl)c1N. The first-order valence-electron chi connectivity index (χ1n) is 4.35. The maximum atomic E-state index is 6.05. The normalized spacial score (nSPS) is 10.6. The Hall–Kier alpha value is -1.19. The van der Waals surface area contributed by atoms with Crippen LogP contribution in [0.15, 0.2) is 18.2 Å². The molecule has 2 aromatic rings. The van der Waals surface area contributed by atoms with Crippen LogP contribution in [0.3, 0.4) is 0 Å². The van der Waals surface area contributed by atoms with Crippen molar-refractivity contribution in [3.8, 4) is 11.3 Å². The Kier molecular flexibility index (Phi) is 2.59. The maximum absolute atomic E-state index is 6.05. The number of rotatable bonds is 1. The van der Waals surface area contributed by atoms with Crippen molar-refractivity contribution in [3.05, 3.63) is 33.9 Å². The molecule has 0 saturated carbocycles. The maximum Gasteiger partial charge on any atom is 0.117 e. The van der Waals surface area contributed by atoms with Crippen LogP contribution in [0, 0.1) is 6.92 Å². The fraction of sp³-hybridized carbons (Fsp3) is 0.100. The molecule has 0 atom stereocenters. The Morgan fingerprint density at radius 3 is 2.60 bits per heavy atom. The number of halogens is 2. The number of aromatic nitrogens is 2. The van der Waals surface area contributed by atoms with E-state index in [0.29, 0.717) is 21.4 Å². The molecule has 15 heavy (non-hydrogen) atoms.